The van der Waals surface area contributed by atoms with Gasteiger partial charge in [0.05, 0.1) is 0 Å². The van der Waals surface area contributed by atoms with Gasteiger partial charge in [-0.1, -0.05) is 20.8 Å². The zero-order chi connectivity index (χ0) is 7.28. The molecule has 0 radical (unpaired) electrons. The molecule has 54 valence electrons. The SMILES string of the molecule is CCC(CC(C)C)P=O. The Bertz CT molecular complexity index is 81.0. The van der Waals surface area contributed by atoms with Gasteiger partial charge in [0.15, 0.2) is 8.46 Å². The Balaban J connectivity index is 3.42. The normalized spacial score (nSPS) is 14.7. The van der Waals surface area contributed by atoms with Crippen LogP contribution in [-0.2, 0) is 4.57 Å². The Labute approximate surface area is 59.0 Å². The first-order chi connectivity index (χ1) is 4.20. The van der Waals surface area contributed by atoms with Crippen molar-refractivity contribution >= 4 is 8.46 Å². The highest BCUT2D eigenvalue weighted by Gasteiger charge is 2.06. The molecular formula is C7H15OP. The standard InChI is InChI=1S/C7H15OP/c1-4-7(9-8)5-6(2)3/h6-7H,4-5H2,1-3H3. The second-order valence-corrected chi connectivity index (χ2v) is 3.74. The van der Waals surface area contributed by atoms with Crippen molar-refractivity contribution in [1.29, 1.82) is 0 Å². The quantitative estimate of drug-likeness (QED) is 0.557. The van der Waals surface area contributed by atoms with Gasteiger partial charge >= 0.3 is 0 Å². The zero-order valence-electron chi connectivity index (χ0n) is 6.42. The summed E-state index contributed by atoms with van der Waals surface area (Å²) in [5.41, 5.74) is 0.394. The van der Waals surface area contributed by atoms with Gasteiger partial charge in [-0.2, -0.15) is 0 Å². The van der Waals surface area contributed by atoms with Crippen LogP contribution in [0.3, 0.4) is 0 Å². The summed E-state index contributed by atoms with van der Waals surface area (Å²) >= 11 is 0. The summed E-state index contributed by atoms with van der Waals surface area (Å²) in [4.78, 5) is 0. The van der Waals surface area contributed by atoms with Gasteiger partial charge in [-0.3, -0.25) is 4.57 Å². The Kier molecular flexibility index (Phi) is 4.99. The van der Waals surface area contributed by atoms with Crippen molar-refractivity contribution in [1.82, 2.24) is 0 Å². The van der Waals surface area contributed by atoms with E-state index in [1.165, 1.54) is 0 Å². The zero-order valence-corrected chi connectivity index (χ0v) is 7.32. The smallest absolute Gasteiger partial charge is 0.158 e. The summed E-state index contributed by atoms with van der Waals surface area (Å²) in [6, 6.07) is 0. The molecule has 0 aromatic rings. The third-order valence-electron chi connectivity index (χ3n) is 1.36. The van der Waals surface area contributed by atoms with E-state index in [1.807, 2.05) is 0 Å². The van der Waals surface area contributed by atoms with Crippen molar-refractivity contribution in [2.45, 2.75) is 39.3 Å². The lowest BCUT2D eigenvalue weighted by Gasteiger charge is -2.07. The van der Waals surface area contributed by atoms with Gasteiger partial charge in [0.2, 0.25) is 0 Å². The topological polar surface area (TPSA) is 17.1 Å². The van der Waals surface area contributed by atoms with Crippen LogP contribution in [0.1, 0.15) is 33.6 Å². The lowest BCUT2D eigenvalue weighted by Crippen LogP contribution is -2.00. The fourth-order valence-electron chi connectivity index (χ4n) is 0.828. The van der Waals surface area contributed by atoms with Crippen LogP contribution in [0.25, 0.3) is 0 Å². The van der Waals surface area contributed by atoms with Gasteiger partial charge in [-0.25, -0.2) is 0 Å². The fourth-order valence-corrected chi connectivity index (χ4v) is 1.49. The predicted molar refractivity (Wildman–Crippen MR) is 41.1 cm³/mol. The third kappa shape index (κ3) is 4.59. The summed E-state index contributed by atoms with van der Waals surface area (Å²) in [5, 5.41) is 0. The average Bonchev–Trinajstić information content (AvgIpc) is 1.82. The highest BCUT2D eigenvalue weighted by atomic mass is 31.1. The Morgan fingerprint density at radius 2 is 2.00 bits per heavy atom. The average molecular weight is 146 g/mol. The lowest BCUT2D eigenvalue weighted by molar-refractivity contribution is 0.534. The minimum absolute atomic E-state index is 0.320. The molecule has 0 aromatic heterocycles. The summed E-state index contributed by atoms with van der Waals surface area (Å²) < 4.78 is 10.4. The first-order valence-corrected chi connectivity index (χ1v) is 4.41. The molecule has 0 aromatic carbocycles. The minimum Gasteiger partial charge on any atom is -0.275 e. The van der Waals surface area contributed by atoms with Gasteiger partial charge in [-0.05, 0) is 18.8 Å². The molecular weight excluding hydrogens is 131 g/mol. The maximum atomic E-state index is 10.4. The van der Waals surface area contributed by atoms with Gasteiger partial charge in [-0.15, -0.1) is 0 Å². The number of hydrogen-bond donors (Lipinski definition) is 0. The maximum Gasteiger partial charge on any atom is 0.158 e. The molecule has 0 saturated heterocycles. The monoisotopic (exact) mass is 146 g/mol. The van der Waals surface area contributed by atoms with E-state index in [2.05, 4.69) is 20.8 Å². The summed E-state index contributed by atoms with van der Waals surface area (Å²) in [6.45, 7) is 6.40. The summed E-state index contributed by atoms with van der Waals surface area (Å²) in [6.07, 6.45) is 2.12. The molecule has 0 aliphatic carbocycles. The highest BCUT2D eigenvalue weighted by molar-refractivity contribution is 7.24. The molecule has 1 unspecified atom stereocenters. The molecule has 0 aliphatic rings. The third-order valence-corrected chi connectivity index (χ3v) is 2.24. The van der Waals surface area contributed by atoms with Gasteiger partial charge in [0, 0.05) is 5.66 Å². The molecule has 0 amide bonds. The minimum atomic E-state index is 0.320. The Hall–Kier alpha value is 0.100. The first-order valence-electron chi connectivity index (χ1n) is 3.53. The fraction of sp³-hybridized carbons (Fsp3) is 1.00. The number of hydrogen-bond acceptors (Lipinski definition) is 1. The van der Waals surface area contributed by atoms with E-state index in [0.29, 0.717) is 20.0 Å². The molecule has 1 atom stereocenters. The van der Waals surface area contributed by atoms with Crippen molar-refractivity contribution < 1.29 is 4.57 Å². The molecule has 0 fully saturated rings. The van der Waals surface area contributed by atoms with E-state index in [0.717, 1.165) is 12.8 Å². The van der Waals surface area contributed by atoms with Crippen LogP contribution in [0, 0.1) is 5.92 Å². The van der Waals surface area contributed by atoms with E-state index >= 15 is 0 Å². The lowest BCUT2D eigenvalue weighted by atomic mass is 10.1. The van der Waals surface area contributed by atoms with Crippen molar-refractivity contribution in [3.8, 4) is 0 Å². The molecule has 0 saturated carbocycles. The molecule has 0 heterocycles. The van der Waals surface area contributed by atoms with Crippen molar-refractivity contribution in [2.75, 3.05) is 0 Å². The van der Waals surface area contributed by atoms with E-state index in [9.17, 15) is 4.57 Å². The second kappa shape index (κ2) is 4.93. The molecule has 2 heteroatoms. The molecule has 0 bridgehead atoms. The van der Waals surface area contributed by atoms with Gasteiger partial charge in [0.25, 0.3) is 0 Å². The first kappa shape index (κ1) is 9.10. The van der Waals surface area contributed by atoms with Crippen LogP contribution < -0.4 is 0 Å². The van der Waals surface area contributed by atoms with Crippen LogP contribution in [0.4, 0.5) is 0 Å². The van der Waals surface area contributed by atoms with Gasteiger partial charge < -0.3 is 0 Å². The van der Waals surface area contributed by atoms with Crippen molar-refractivity contribution in [3.05, 3.63) is 0 Å². The van der Waals surface area contributed by atoms with Crippen LogP contribution in [0.5, 0.6) is 0 Å². The molecule has 9 heavy (non-hydrogen) atoms. The van der Waals surface area contributed by atoms with Crippen molar-refractivity contribution in [2.24, 2.45) is 5.92 Å². The molecule has 0 spiro atoms. The maximum absolute atomic E-state index is 10.4. The van der Waals surface area contributed by atoms with Crippen LogP contribution >= 0.6 is 8.46 Å². The molecule has 0 N–H and O–H groups in total. The van der Waals surface area contributed by atoms with Crippen LogP contribution in [0.2, 0.25) is 0 Å². The molecule has 0 rings (SSSR count). The largest absolute Gasteiger partial charge is 0.275 e. The molecule has 0 aliphatic heterocycles. The van der Waals surface area contributed by atoms with E-state index in [1.54, 1.807) is 0 Å². The highest BCUT2D eigenvalue weighted by Crippen LogP contribution is 2.19. The summed E-state index contributed by atoms with van der Waals surface area (Å²) in [7, 11) is 0.320. The van der Waals surface area contributed by atoms with Crippen LogP contribution in [-0.4, -0.2) is 5.66 Å². The Morgan fingerprint density at radius 3 is 2.11 bits per heavy atom. The molecule has 1 nitrogen and oxygen atoms in total. The van der Waals surface area contributed by atoms with E-state index in [-0.39, 0.29) is 0 Å². The predicted octanol–water partition coefficient (Wildman–Crippen LogP) is 3.10. The van der Waals surface area contributed by atoms with E-state index in [4.69, 9.17) is 0 Å². The van der Waals surface area contributed by atoms with Gasteiger partial charge in [0.1, 0.15) is 0 Å². The van der Waals surface area contributed by atoms with E-state index < -0.39 is 0 Å². The van der Waals surface area contributed by atoms with Crippen molar-refractivity contribution in [3.63, 3.8) is 0 Å². The Morgan fingerprint density at radius 1 is 1.44 bits per heavy atom. The summed E-state index contributed by atoms with van der Waals surface area (Å²) in [5.74, 6) is 0.677. The van der Waals surface area contributed by atoms with Crippen LogP contribution in [0.15, 0.2) is 0 Å². The second-order valence-electron chi connectivity index (χ2n) is 2.80. The number of rotatable bonds is 4.